The van der Waals surface area contributed by atoms with Crippen LogP contribution in [0, 0.1) is 4.77 Å². The molecule has 3 heterocycles. The number of hydrogen-bond acceptors (Lipinski definition) is 11. The summed E-state index contributed by atoms with van der Waals surface area (Å²) < 4.78 is 16.3. The molecule has 4 aromatic rings. The standard InChI is InChI=1S/C18H14N4O8S/c1-4(23)6(5(2)24)16-19-8-10(25)11-9(12(28-3)13(8)30-16)20-17(29-11)7-14(26)21-18(31)22-15(7)27/h23,25H,1-3H3,(H3,21,22,26,27,31). The quantitative estimate of drug-likeness (QED) is 0.176. The molecular formula is C18H14N4O8S. The van der Waals surface area contributed by atoms with Gasteiger partial charge in [0.1, 0.15) is 11.3 Å². The number of aromatic hydroxyl groups is 2. The Kier molecular flexibility index (Phi) is 4.54. The number of hydrogen-bond donors (Lipinski definition) is 5. The third-order valence-electron chi connectivity index (χ3n) is 4.38. The molecular weight excluding hydrogens is 432 g/mol. The van der Waals surface area contributed by atoms with Crippen LogP contribution in [-0.4, -0.2) is 48.1 Å². The fourth-order valence-corrected chi connectivity index (χ4v) is 3.31. The molecule has 0 aliphatic heterocycles. The Labute approximate surface area is 176 Å². The minimum absolute atomic E-state index is 0.0187. The number of carbonyl (C=O) groups is 1. The summed E-state index contributed by atoms with van der Waals surface area (Å²) in [6, 6.07) is 0. The van der Waals surface area contributed by atoms with E-state index in [2.05, 4.69) is 19.9 Å². The van der Waals surface area contributed by atoms with Gasteiger partial charge in [-0.2, -0.15) is 0 Å². The molecule has 0 radical (unpaired) electrons. The zero-order chi connectivity index (χ0) is 22.6. The first-order valence-electron chi connectivity index (χ1n) is 8.61. The first-order valence-corrected chi connectivity index (χ1v) is 9.01. The van der Waals surface area contributed by atoms with E-state index in [4.69, 9.17) is 25.8 Å². The Morgan fingerprint density at radius 3 is 2.39 bits per heavy atom. The van der Waals surface area contributed by atoms with Crippen molar-refractivity contribution in [2.45, 2.75) is 13.8 Å². The molecule has 0 bridgehead atoms. The van der Waals surface area contributed by atoms with Gasteiger partial charge in [0.25, 0.3) is 5.56 Å². The van der Waals surface area contributed by atoms with E-state index in [0.717, 1.165) is 0 Å². The number of fused-ring (bicyclic) bond motifs is 2. The van der Waals surface area contributed by atoms with E-state index in [1.807, 2.05) is 0 Å². The number of aromatic nitrogens is 4. The number of nitrogens with zero attached hydrogens (tertiary/aromatic N) is 2. The Morgan fingerprint density at radius 1 is 1.10 bits per heavy atom. The number of allylic oxidation sites excluding steroid dienone is 2. The van der Waals surface area contributed by atoms with E-state index in [1.54, 1.807) is 0 Å². The number of phenols is 1. The van der Waals surface area contributed by atoms with Gasteiger partial charge in [0.05, 0.1) is 7.11 Å². The predicted octanol–water partition coefficient (Wildman–Crippen LogP) is 2.68. The predicted molar refractivity (Wildman–Crippen MR) is 109 cm³/mol. The summed E-state index contributed by atoms with van der Waals surface area (Å²) in [4.78, 5) is 37.0. The number of rotatable bonds is 4. The van der Waals surface area contributed by atoms with Crippen molar-refractivity contribution < 1.29 is 33.7 Å². The van der Waals surface area contributed by atoms with Crippen molar-refractivity contribution in [3.05, 3.63) is 26.8 Å². The van der Waals surface area contributed by atoms with Crippen LogP contribution in [0.4, 0.5) is 0 Å². The second-order valence-corrected chi connectivity index (χ2v) is 6.83. The topological polar surface area (TPSA) is 188 Å². The molecule has 31 heavy (non-hydrogen) atoms. The summed E-state index contributed by atoms with van der Waals surface area (Å²) in [7, 11) is 1.30. The van der Waals surface area contributed by atoms with Crippen LogP contribution < -0.4 is 10.3 Å². The van der Waals surface area contributed by atoms with Gasteiger partial charge in [-0.25, -0.2) is 9.97 Å². The van der Waals surface area contributed by atoms with Crippen molar-refractivity contribution in [2.75, 3.05) is 7.11 Å². The van der Waals surface area contributed by atoms with Crippen molar-refractivity contribution >= 4 is 45.8 Å². The first kappa shape index (κ1) is 20.2. The summed E-state index contributed by atoms with van der Waals surface area (Å²) in [5.74, 6) is -2.53. The largest absolute Gasteiger partial charge is 0.512 e. The average molecular weight is 446 g/mol. The number of ketones is 1. The number of methoxy groups -OCH3 is 1. The maximum Gasteiger partial charge on any atom is 0.268 e. The second-order valence-electron chi connectivity index (χ2n) is 6.42. The van der Waals surface area contributed by atoms with Gasteiger partial charge in [0.15, 0.2) is 38.7 Å². The van der Waals surface area contributed by atoms with Crippen molar-refractivity contribution in [3.63, 3.8) is 0 Å². The van der Waals surface area contributed by atoms with Crippen molar-refractivity contribution in [1.29, 1.82) is 0 Å². The normalized spacial score (nSPS) is 12.4. The molecule has 0 aliphatic carbocycles. The summed E-state index contributed by atoms with van der Waals surface area (Å²) in [5.41, 5.74) is -1.77. The number of ether oxygens (including phenoxy) is 1. The van der Waals surface area contributed by atoms with Gasteiger partial charge < -0.3 is 33.9 Å². The van der Waals surface area contributed by atoms with E-state index in [-0.39, 0.29) is 61.4 Å². The highest BCUT2D eigenvalue weighted by molar-refractivity contribution is 7.71. The fraction of sp³-hybridized carbons (Fsp3) is 0.167. The Morgan fingerprint density at radius 2 is 1.81 bits per heavy atom. The average Bonchev–Trinajstić information content (AvgIpc) is 3.26. The Hall–Kier alpha value is -4.13. The SMILES string of the molecule is COc1c2nc(-c3c(O)[nH]c(=S)[nH]c3=O)oc2c(O)c2nc(C(C(C)=O)=C(C)O)oc12. The third-order valence-corrected chi connectivity index (χ3v) is 4.59. The zero-order valence-electron chi connectivity index (χ0n) is 16.2. The summed E-state index contributed by atoms with van der Waals surface area (Å²) in [5, 5.41) is 30.6. The molecule has 0 amide bonds. The third kappa shape index (κ3) is 3.02. The highest BCUT2D eigenvalue weighted by Crippen LogP contribution is 2.44. The van der Waals surface area contributed by atoms with Crippen molar-refractivity contribution in [1.82, 2.24) is 19.9 Å². The van der Waals surface area contributed by atoms with E-state index < -0.39 is 23.0 Å². The van der Waals surface area contributed by atoms with Crippen LogP contribution in [0.2, 0.25) is 0 Å². The number of aromatic amines is 2. The van der Waals surface area contributed by atoms with Gasteiger partial charge in [-0.05, 0) is 26.1 Å². The molecule has 0 saturated carbocycles. The molecule has 4 rings (SSSR count). The molecule has 1 aromatic carbocycles. The van der Waals surface area contributed by atoms with Gasteiger partial charge in [-0.3, -0.25) is 14.6 Å². The maximum absolute atomic E-state index is 12.2. The maximum atomic E-state index is 12.2. The molecule has 12 nitrogen and oxygen atoms in total. The molecule has 0 aliphatic rings. The van der Waals surface area contributed by atoms with E-state index in [1.165, 1.54) is 21.0 Å². The summed E-state index contributed by atoms with van der Waals surface area (Å²) in [6.07, 6.45) is 0. The van der Waals surface area contributed by atoms with Crippen molar-refractivity contribution in [2.24, 2.45) is 0 Å². The molecule has 0 saturated heterocycles. The number of aliphatic hydroxyl groups excluding tert-OH is 1. The van der Waals surface area contributed by atoms with E-state index in [0.29, 0.717) is 0 Å². The van der Waals surface area contributed by atoms with Crippen LogP contribution >= 0.6 is 12.2 Å². The number of benzene rings is 1. The minimum Gasteiger partial charge on any atom is -0.512 e. The summed E-state index contributed by atoms with van der Waals surface area (Å²) >= 11 is 4.79. The fourth-order valence-electron chi connectivity index (χ4n) is 3.12. The molecule has 160 valence electrons. The van der Waals surface area contributed by atoms with Gasteiger partial charge >= 0.3 is 0 Å². The molecule has 0 fully saturated rings. The van der Waals surface area contributed by atoms with Gasteiger partial charge in [-0.15, -0.1) is 0 Å². The number of nitrogens with one attached hydrogen (secondary N) is 2. The smallest absolute Gasteiger partial charge is 0.268 e. The van der Waals surface area contributed by atoms with Crippen LogP contribution in [0.5, 0.6) is 17.4 Å². The summed E-state index contributed by atoms with van der Waals surface area (Å²) in [6.45, 7) is 2.51. The molecule has 0 atom stereocenters. The molecule has 3 aromatic heterocycles. The lowest BCUT2D eigenvalue weighted by Crippen LogP contribution is -2.10. The first-order chi connectivity index (χ1) is 14.6. The Balaban J connectivity index is 2.06. The molecule has 0 unspecified atom stereocenters. The molecule has 5 N–H and O–H groups in total. The number of oxazole rings is 2. The van der Waals surface area contributed by atoms with Crippen LogP contribution in [-0.2, 0) is 4.79 Å². The van der Waals surface area contributed by atoms with Crippen molar-refractivity contribution in [3.8, 4) is 28.8 Å². The molecule has 0 spiro atoms. The van der Waals surface area contributed by atoms with Crippen LogP contribution in [0.15, 0.2) is 19.4 Å². The monoisotopic (exact) mass is 446 g/mol. The number of aliphatic hydroxyl groups is 1. The van der Waals surface area contributed by atoms with E-state index >= 15 is 0 Å². The highest BCUT2D eigenvalue weighted by Gasteiger charge is 2.29. The lowest BCUT2D eigenvalue weighted by Gasteiger charge is -2.01. The number of carbonyl (C=O) groups excluding carboxylic acids is 1. The van der Waals surface area contributed by atoms with Crippen LogP contribution in [0.25, 0.3) is 39.2 Å². The Bertz CT molecular complexity index is 1530. The molecule has 13 heteroatoms. The van der Waals surface area contributed by atoms with Crippen LogP contribution in [0.1, 0.15) is 19.7 Å². The van der Waals surface area contributed by atoms with Gasteiger partial charge in [0.2, 0.25) is 28.8 Å². The second kappa shape index (κ2) is 6.98. The lowest BCUT2D eigenvalue weighted by atomic mass is 10.1. The number of Topliss-reactive ketones (excluding diaryl/α,β-unsaturated/α-hetero) is 1. The van der Waals surface area contributed by atoms with E-state index in [9.17, 15) is 24.9 Å². The number of phenolic OH excluding ortho intramolecular Hbond substituents is 1. The van der Waals surface area contributed by atoms with Crippen LogP contribution in [0.3, 0.4) is 0 Å². The highest BCUT2D eigenvalue weighted by atomic mass is 32.1. The number of H-pyrrole nitrogens is 2. The lowest BCUT2D eigenvalue weighted by molar-refractivity contribution is -0.112. The van der Waals surface area contributed by atoms with Gasteiger partial charge in [-0.1, -0.05) is 0 Å². The van der Waals surface area contributed by atoms with Gasteiger partial charge in [0, 0.05) is 0 Å². The zero-order valence-corrected chi connectivity index (χ0v) is 17.0. The minimum atomic E-state index is -0.773.